The van der Waals surface area contributed by atoms with Crippen LogP contribution in [0.2, 0.25) is 15.1 Å². The molecule has 2 aromatic carbocycles. The van der Waals surface area contributed by atoms with Gasteiger partial charge >= 0.3 is 0 Å². The highest BCUT2D eigenvalue weighted by Crippen LogP contribution is 2.40. The molecule has 2 aliphatic heterocycles. The first-order valence-corrected chi connectivity index (χ1v) is 15.8. The highest BCUT2D eigenvalue weighted by atomic mass is 35.5. The summed E-state index contributed by atoms with van der Waals surface area (Å²) in [6.07, 6.45) is 3.52. The molecule has 0 unspecified atom stereocenters. The van der Waals surface area contributed by atoms with Gasteiger partial charge in [0, 0.05) is 42.8 Å². The van der Waals surface area contributed by atoms with E-state index in [0.29, 0.717) is 50.7 Å². The fourth-order valence-electron chi connectivity index (χ4n) is 5.41. The summed E-state index contributed by atoms with van der Waals surface area (Å²) in [5.41, 5.74) is 2.95. The number of nitrogens with one attached hydrogen (secondary N) is 2. The number of benzene rings is 2. The molecular weight excluding hydrogens is 569 g/mol. The topological polar surface area (TPSA) is 90.7 Å². The van der Waals surface area contributed by atoms with Crippen molar-refractivity contribution in [1.29, 1.82) is 0 Å². The van der Waals surface area contributed by atoms with Crippen molar-refractivity contribution in [2.24, 2.45) is 11.8 Å². The summed E-state index contributed by atoms with van der Waals surface area (Å²) in [6, 6.07) is 9.60. The first kappa shape index (κ1) is 27.8. The Morgan fingerprint density at radius 3 is 2.63 bits per heavy atom. The highest BCUT2D eigenvalue weighted by Gasteiger charge is 2.37. The molecular formula is C26H32Cl3N5O3S. The number of sulfonamides is 1. The van der Waals surface area contributed by atoms with Crippen molar-refractivity contribution < 1.29 is 12.8 Å². The van der Waals surface area contributed by atoms with E-state index in [2.05, 4.69) is 19.8 Å². The number of nitrogens with zero attached hydrogens (tertiary/aromatic N) is 3. The number of halogens is 3. The third kappa shape index (κ3) is 6.35. The molecule has 38 heavy (non-hydrogen) atoms. The number of hydrogen-bond acceptors (Lipinski definition) is 7. The van der Waals surface area contributed by atoms with E-state index in [1.54, 1.807) is 6.07 Å². The van der Waals surface area contributed by atoms with Gasteiger partial charge in [-0.1, -0.05) is 40.9 Å². The SMILES string of the molecule is C[C@@H](Nc1c(Cl)ccc2nc(N3CC([C@H]4CCCN(CCNS(C)(=O)=O)C4)C3)oc12)c1ccc(Cl)cc1Cl. The van der Waals surface area contributed by atoms with Crippen LogP contribution in [0.3, 0.4) is 0 Å². The van der Waals surface area contributed by atoms with Gasteiger partial charge in [0.25, 0.3) is 6.01 Å². The lowest BCUT2D eigenvalue weighted by atomic mass is 9.81. The van der Waals surface area contributed by atoms with Gasteiger partial charge in [-0.3, -0.25) is 0 Å². The molecule has 0 radical (unpaired) electrons. The molecule has 2 saturated heterocycles. The minimum absolute atomic E-state index is 0.133. The normalized spacial score (nSPS) is 20.0. The van der Waals surface area contributed by atoms with Crippen LogP contribution in [0.1, 0.15) is 31.4 Å². The Bertz CT molecular complexity index is 1410. The number of hydrogen-bond donors (Lipinski definition) is 2. The lowest BCUT2D eigenvalue weighted by Crippen LogP contribution is -2.54. The number of likely N-dealkylation sites (tertiary alicyclic amines) is 1. The molecule has 2 aliphatic rings. The van der Waals surface area contributed by atoms with Crippen molar-refractivity contribution in [3.05, 3.63) is 51.0 Å². The minimum Gasteiger partial charge on any atom is -0.421 e. The van der Waals surface area contributed by atoms with E-state index < -0.39 is 10.0 Å². The third-order valence-electron chi connectivity index (χ3n) is 7.47. The molecule has 3 aromatic rings. The molecule has 0 bridgehead atoms. The van der Waals surface area contributed by atoms with E-state index in [4.69, 9.17) is 44.2 Å². The maximum absolute atomic E-state index is 11.3. The second-order valence-corrected chi connectivity index (χ2v) is 13.4. The van der Waals surface area contributed by atoms with Crippen LogP contribution in [0.25, 0.3) is 11.1 Å². The zero-order valence-corrected chi connectivity index (χ0v) is 24.5. The first-order valence-electron chi connectivity index (χ1n) is 12.8. The monoisotopic (exact) mass is 599 g/mol. The van der Waals surface area contributed by atoms with Gasteiger partial charge in [-0.05, 0) is 68.0 Å². The van der Waals surface area contributed by atoms with Crippen molar-refractivity contribution >= 4 is 67.6 Å². The molecule has 3 heterocycles. The maximum Gasteiger partial charge on any atom is 0.298 e. The second-order valence-electron chi connectivity index (χ2n) is 10.3. The summed E-state index contributed by atoms with van der Waals surface area (Å²) in [4.78, 5) is 9.28. The Morgan fingerprint density at radius 2 is 1.89 bits per heavy atom. The van der Waals surface area contributed by atoms with Gasteiger partial charge in [-0.15, -0.1) is 0 Å². The largest absolute Gasteiger partial charge is 0.421 e. The smallest absolute Gasteiger partial charge is 0.298 e. The number of piperidine rings is 1. The second kappa shape index (κ2) is 11.4. The summed E-state index contributed by atoms with van der Waals surface area (Å²) in [5, 5.41) is 5.17. The van der Waals surface area contributed by atoms with Crippen molar-refractivity contribution in [3.8, 4) is 0 Å². The first-order chi connectivity index (χ1) is 18.1. The Labute approximate surface area is 238 Å². The fraction of sp³-hybridized carbons (Fsp3) is 0.500. The molecule has 8 nitrogen and oxygen atoms in total. The van der Waals surface area contributed by atoms with Crippen LogP contribution in [-0.4, -0.2) is 63.8 Å². The molecule has 12 heteroatoms. The van der Waals surface area contributed by atoms with Gasteiger partial charge in [-0.25, -0.2) is 13.1 Å². The average Bonchev–Trinajstić information content (AvgIpc) is 3.23. The van der Waals surface area contributed by atoms with Crippen LogP contribution in [0.15, 0.2) is 34.7 Å². The van der Waals surface area contributed by atoms with Crippen LogP contribution in [0, 0.1) is 11.8 Å². The summed E-state index contributed by atoms with van der Waals surface area (Å²) in [7, 11) is -3.15. The average molecular weight is 601 g/mol. The molecule has 2 fully saturated rings. The van der Waals surface area contributed by atoms with Gasteiger partial charge in [0.1, 0.15) is 5.52 Å². The summed E-state index contributed by atoms with van der Waals surface area (Å²) >= 11 is 19.1. The van der Waals surface area contributed by atoms with Gasteiger partial charge in [0.2, 0.25) is 10.0 Å². The summed E-state index contributed by atoms with van der Waals surface area (Å²) in [5.74, 6) is 1.14. The summed E-state index contributed by atoms with van der Waals surface area (Å²) in [6.45, 7) is 6.98. The van der Waals surface area contributed by atoms with Crippen molar-refractivity contribution in [2.45, 2.75) is 25.8 Å². The summed E-state index contributed by atoms with van der Waals surface area (Å²) < 4.78 is 31.5. The predicted molar refractivity (Wildman–Crippen MR) is 155 cm³/mol. The molecule has 0 spiro atoms. The van der Waals surface area contributed by atoms with Crippen molar-refractivity contribution in [1.82, 2.24) is 14.6 Å². The zero-order chi connectivity index (χ0) is 27.0. The minimum atomic E-state index is -3.15. The van der Waals surface area contributed by atoms with Crippen molar-refractivity contribution in [2.75, 3.05) is 55.7 Å². The Morgan fingerprint density at radius 1 is 1.11 bits per heavy atom. The van der Waals surface area contributed by atoms with Crippen LogP contribution in [-0.2, 0) is 10.0 Å². The van der Waals surface area contributed by atoms with E-state index in [1.807, 2.05) is 31.2 Å². The number of oxazole rings is 1. The quantitative estimate of drug-likeness (QED) is 0.328. The van der Waals surface area contributed by atoms with E-state index in [-0.39, 0.29) is 6.04 Å². The lowest BCUT2D eigenvalue weighted by Gasteiger charge is -2.46. The molecule has 0 amide bonds. The Kier molecular flexibility index (Phi) is 8.33. The molecule has 2 N–H and O–H groups in total. The molecule has 5 rings (SSSR count). The third-order valence-corrected chi connectivity index (χ3v) is 9.07. The van der Waals surface area contributed by atoms with Crippen molar-refractivity contribution in [3.63, 3.8) is 0 Å². The Hall–Kier alpha value is -1.75. The zero-order valence-electron chi connectivity index (χ0n) is 21.4. The van der Waals surface area contributed by atoms with Gasteiger partial charge < -0.3 is 19.5 Å². The van der Waals surface area contributed by atoms with Crippen LogP contribution >= 0.6 is 34.8 Å². The predicted octanol–water partition coefficient (Wildman–Crippen LogP) is 5.66. The van der Waals surface area contributed by atoms with Gasteiger partial charge in [0.05, 0.1) is 23.0 Å². The van der Waals surface area contributed by atoms with E-state index >= 15 is 0 Å². The number of anilines is 2. The number of rotatable bonds is 9. The van der Waals surface area contributed by atoms with E-state index in [1.165, 1.54) is 12.7 Å². The highest BCUT2D eigenvalue weighted by molar-refractivity contribution is 7.88. The maximum atomic E-state index is 11.3. The fourth-order valence-corrected chi connectivity index (χ4v) is 6.65. The van der Waals surface area contributed by atoms with Crippen LogP contribution in [0.4, 0.5) is 11.7 Å². The van der Waals surface area contributed by atoms with Crippen LogP contribution < -0.4 is 14.9 Å². The molecule has 2 atom stereocenters. The molecule has 0 aliphatic carbocycles. The molecule has 1 aromatic heterocycles. The lowest BCUT2D eigenvalue weighted by molar-refractivity contribution is 0.120. The molecule has 206 valence electrons. The van der Waals surface area contributed by atoms with Gasteiger partial charge in [0.15, 0.2) is 5.58 Å². The standard InChI is InChI=1S/C26H32Cl3N5O3S/c1-16(20-6-5-19(27)12-22(20)29)31-24-21(28)7-8-23-25(24)37-26(32-23)34-14-18(15-34)17-4-3-10-33(13-17)11-9-30-38(2,35)36/h5-8,12,16-18,30-31H,3-4,9-11,13-15H2,1-2H3/t16-,17+/m1/s1. The Balaban J connectivity index is 1.23. The van der Waals surface area contributed by atoms with Crippen LogP contribution in [0.5, 0.6) is 0 Å². The molecule has 0 saturated carbocycles. The number of fused-ring (bicyclic) bond motifs is 1. The number of aromatic nitrogens is 1. The van der Waals surface area contributed by atoms with E-state index in [0.717, 1.165) is 50.2 Å². The van der Waals surface area contributed by atoms with E-state index in [9.17, 15) is 8.42 Å². The van der Waals surface area contributed by atoms with Gasteiger partial charge in [-0.2, -0.15) is 4.98 Å².